The number of aliphatic carboxylic acids is 3. The van der Waals surface area contributed by atoms with Gasteiger partial charge in [0.2, 0.25) is 11.8 Å². The first-order valence-corrected chi connectivity index (χ1v) is 26.3. The summed E-state index contributed by atoms with van der Waals surface area (Å²) in [6.07, 6.45) is 1.29. The molecule has 0 fully saturated rings. The highest BCUT2D eigenvalue weighted by Gasteiger charge is 2.34. The number of unbranched alkanes of at least 4 members (excludes halogenated alkanes) is 2. The second-order valence-corrected chi connectivity index (χ2v) is 21.8. The molecule has 0 saturated heterocycles. The maximum absolute atomic E-state index is 13.7. The van der Waals surface area contributed by atoms with Gasteiger partial charge in [0.1, 0.15) is 12.4 Å². The Morgan fingerprint density at radius 2 is 1.18 bits per heavy atom. The van der Waals surface area contributed by atoms with Gasteiger partial charge in [-0.3, -0.25) is 43.2 Å². The molecule has 0 aliphatic carbocycles. The molecule has 0 rings (SSSR count). The van der Waals surface area contributed by atoms with E-state index in [9.17, 15) is 58.5 Å². The Morgan fingerprint density at radius 1 is 0.581 bits per heavy atom. The number of ether oxygens (including phenoxy) is 1. The standard InChI is InChI=1S/C42H71N3O13S4/c1-26(2)13-16-59-60-17-14-32(46)12-10-8-9-11-30(42(56)57)20-36(48)34(25-62-61-18-15-58-39(53)24-43-28(5)6)45-41(55)31(22-37(49)50)21-35(47)33(23-38(51)52)44-40(54)29(7)19-27(3)4/h26-31,33-34,43H,8-25H2,1-7H3,(H,44,54)(H,45,55)(H,49,50)(H,51,52)(H,56,57)/t29-,30-,31+,33+,34+/m1/s1. The molecule has 0 spiro atoms. The van der Waals surface area contributed by atoms with Gasteiger partial charge >= 0.3 is 23.9 Å². The largest absolute Gasteiger partial charge is 0.481 e. The van der Waals surface area contributed by atoms with Crippen LogP contribution in [0.2, 0.25) is 0 Å². The summed E-state index contributed by atoms with van der Waals surface area (Å²) in [6.45, 7) is 13.6. The van der Waals surface area contributed by atoms with Crippen molar-refractivity contribution in [2.24, 2.45) is 29.6 Å². The lowest BCUT2D eigenvalue weighted by atomic mass is 9.91. The Labute approximate surface area is 383 Å². The van der Waals surface area contributed by atoms with Crippen molar-refractivity contribution in [1.29, 1.82) is 0 Å². The SMILES string of the molecule is CC(C)CCSSCCC(=O)CCCCC[C@H](CC(=O)[C@H](CSSCCOC(=O)CNC(C)C)NC(=O)[C@H](CC(=O)O)CC(=O)[C@H](CC(=O)O)NC(=O)[C@H](C)CC(C)C)C(=O)O. The first-order valence-electron chi connectivity index (χ1n) is 21.3. The number of carbonyl (C=O) groups is 9. The van der Waals surface area contributed by atoms with Crippen LogP contribution in [0.5, 0.6) is 0 Å². The van der Waals surface area contributed by atoms with E-state index >= 15 is 0 Å². The fraction of sp³-hybridized carbons (Fsp3) is 0.786. The van der Waals surface area contributed by atoms with Crippen LogP contribution in [-0.2, 0) is 47.9 Å². The summed E-state index contributed by atoms with van der Waals surface area (Å²) in [5.74, 6) is -7.93. The number of hydrogen-bond donors (Lipinski definition) is 6. The quantitative estimate of drug-likeness (QED) is 0.0232. The molecule has 16 nitrogen and oxygen atoms in total. The number of Topliss-reactive ketones (excluding diaryl/α,β-unsaturated/α-hetero) is 3. The van der Waals surface area contributed by atoms with Crippen LogP contribution in [0.25, 0.3) is 0 Å². The third kappa shape index (κ3) is 31.1. The first kappa shape index (κ1) is 59.2. The highest BCUT2D eigenvalue weighted by atomic mass is 33.1. The summed E-state index contributed by atoms with van der Waals surface area (Å²) in [7, 11) is 5.81. The molecule has 0 heterocycles. The van der Waals surface area contributed by atoms with Crippen LogP contribution in [0, 0.1) is 29.6 Å². The second kappa shape index (κ2) is 34.6. The molecule has 0 saturated carbocycles. The number of ketones is 3. The molecule has 0 aliphatic rings. The van der Waals surface area contributed by atoms with E-state index in [2.05, 4.69) is 29.8 Å². The van der Waals surface area contributed by atoms with Crippen LogP contribution < -0.4 is 16.0 Å². The van der Waals surface area contributed by atoms with Gasteiger partial charge in [-0.05, 0) is 37.5 Å². The fourth-order valence-electron chi connectivity index (χ4n) is 5.88. The number of hydrogen-bond acceptors (Lipinski definition) is 15. The highest BCUT2D eigenvalue weighted by Crippen LogP contribution is 2.26. The van der Waals surface area contributed by atoms with Crippen molar-refractivity contribution in [3.63, 3.8) is 0 Å². The molecule has 62 heavy (non-hydrogen) atoms. The van der Waals surface area contributed by atoms with Crippen molar-refractivity contribution in [3.8, 4) is 0 Å². The summed E-state index contributed by atoms with van der Waals surface area (Å²) < 4.78 is 5.19. The molecule has 5 atom stereocenters. The van der Waals surface area contributed by atoms with Gasteiger partial charge < -0.3 is 36.0 Å². The van der Waals surface area contributed by atoms with Crippen LogP contribution >= 0.6 is 43.2 Å². The summed E-state index contributed by atoms with van der Waals surface area (Å²) in [4.78, 5) is 114. The molecule has 0 unspecified atom stereocenters. The predicted molar refractivity (Wildman–Crippen MR) is 247 cm³/mol. The summed E-state index contributed by atoms with van der Waals surface area (Å²) >= 11 is 0. The molecule has 0 aromatic heterocycles. The summed E-state index contributed by atoms with van der Waals surface area (Å²) in [5, 5.41) is 37.1. The van der Waals surface area contributed by atoms with Crippen LogP contribution in [0.1, 0.15) is 126 Å². The molecule has 2 amide bonds. The maximum atomic E-state index is 13.7. The molecule has 20 heteroatoms. The van der Waals surface area contributed by atoms with E-state index in [1.165, 1.54) is 10.8 Å². The van der Waals surface area contributed by atoms with Gasteiger partial charge in [-0.25, -0.2) is 0 Å². The Bertz CT molecular complexity index is 1430. The predicted octanol–water partition coefficient (Wildman–Crippen LogP) is 6.08. The van der Waals surface area contributed by atoms with Gasteiger partial charge in [-0.15, -0.1) is 0 Å². The van der Waals surface area contributed by atoms with Gasteiger partial charge in [0.15, 0.2) is 11.6 Å². The Hall–Kier alpha value is -2.81. The monoisotopic (exact) mass is 953 g/mol. The van der Waals surface area contributed by atoms with E-state index < -0.39 is 103 Å². The molecular weight excluding hydrogens is 883 g/mol. The minimum Gasteiger partial charge on any atom is -0.481 e. The number of nitrogens with one attached hydrogen (secondary N) is 3. The van der Waals surface area contributed by atoms with Crippen molar-refractivity contribution in [1.82, 2.24) is 16.0 Å². The number of carboxylic acids is 3. The number of carbonyl (C=O) groups excluding carboxylic acids is 6. The van der Waals surface area contributed by atoms with Crippen molar-refractivity contribution < 1.29 is 63.2 Å². The molecule has 0 aromatic rings. The maximum Gasteiger partial charge on any atom is 0.319 e. The lowest BCUT2D eigenvalue weighted by Gasteiger charge is -2.24. The average Bonchev–Trinajstić information content (AvgIpc) is 3.16. The second-order valence-electron chi connectivity index (χ2n) is 16.5. The van der Waals surface area contributed by atoms with Crippen molar-refractivity contribution >= 4 is 96.2 Å². The topological polar surface area (TPSA) is 260 Å². The first-order chi connectivity index (χ1) is 29.1. The van der Waals surface area contributed by atoms with Crippen LogP contribution in [0.3, 0.4) is 0 Å². The smallest absolute Gasteiger partial charge is 0.319 e. The molecule has 0 aliphatic heterocycles. The van der Waals surface area contributed by atoms with Crippen molar-refractivity contribution in [2.45, 2.75) is 144 Å². The Kier molecular flexibility index (Phi) is 33.0. The van der Waals surface area contributed by atoms with E-state index in [1.54, 1.807) is 28.5 Å². The van der Waals surface area contributed by atoms with E-state index in [0.717, 1.165) is 28.7 Å². The molecule has 0 radical (unpaired) electrons. The van der Waals surface area contributed by atoms with E-state index in [0.29, 0.717) is 50.2 Å². The highest BCUT2D eigenvalue weighted by molar-refractivity contribution is 8.77. The number of amides is 2. The number of esters is 1. The molecule has 0 aromatic carbocycles. The van der Waals surface area contributed by atoms with Crippen LogP contribution in [0.4, 0.5) is 0 Å². The van der Waals surface area contributed by atoms with Gasteiger partial charge in [-0.1, -0.05) is 104 Å². The van der Waals surface area contributed by atoms with Gasteiger partial charge in [-0.2, -0.15) is 0 Å². The normalized spacial score (nSPS) is 13.8. The Morgan fingerprint density at radius 3 is 1.77 bits per heavy atom. The minimum absolute atomic E-state index is 0.0268. The van der Waals surface area contributed by atoms with Crippen molar-refractivity contribution in [3.05, 3.63) is 0 Å². The van der Waals surface area contributed by atoms with Gasteiger partial charge in [0, 0.05) is 60.7 Å². The lowest BCUT2D eigenvalue weighted by molar-refractivity contribution is -0.145. The zero-order valence-corrected chi connectivity index (χ0v) is 40.7. The third-order valence-corrected chi connectivity index (χ3v) is 14.2. The van der Waals surface area contributed by atoms with E-state index in [1.807, 2.05) is 27.7 Å². The van der Waals surface area contributed by atoms with Crippen LogP contribution in [-0.4, -0.2) is 123 Å². The average molecular weight is 954 g/mol. The molecule has 6 N–H and O–H groups in total. The summed E-state index contributed by atoms with van der Waals surface area (Å²) in [6, 6.07) is -2.77. The van der Waals surface area contributed by atoms with Gasteiger partial charge in [0.25, 0.3) is 0 Å². The van der Waals surface area contributed by atoms with Crippen LogP contribution in [0.15, 0.2) is 0 Å². The fourth-order valence-corrected chi connectivity index (χ4v) is 10.3. The third-order valence-electron chi connectivity index (χ3n) is 9.33. The Balaban J connectivity index is 5.80. The summed E-state index contributed by atoms with van der Waals surface area (Å²) in [5.41, 5.74) is 0. The zero-order valence-electron chi connectivity index (χ0n) is 37.4. The lowest BCUT2D eigenvalue weighted by Crippen LogP contribution is -2.48. The number of rotatable bonds is 39. The molecule has 356 valence electrons. The number of carboxylic acid groups (broad SMARTS) is 3. The van der Waals surface area contributed by atoms with E-state index in [-0.39, 0.29) is 43.1 Å². The van der Waals surface area contributed by atoms with Crippen molar-refractivity contribution in [2.75, 3.05) is 36.2 Å². The molecule has 0 bridgehead atoms. The van der Waals surface area contributed by atoms with Gasteiger partial charge in [0.05, 0.1) is 43.3 Å². The van der Waals surface area contributed by atoms with E-state index in [4.69, 9.17) is 4.74 Å². The zero-order chi connectivity index (χ0) is 47.2. The molecular formula is C42H71N3O13S4. The minimum atomic E-state index is -1.56.